The third-order valence-corrected chi connectivity index (χ3v) is 4.61. The first-order chi connectivity index (χ1) is 14.2. The Balaban J connectivity index is 1.62. The second kappa shape index (κ2) is 8.47. The topological polar surface area (TPSA) is 92.5 Å². The summed E-state index contributed by atoms with van der Waals surface area (Å²) >= 11 is 0. The maximum absolute atomic E-state index is 13.2. The number of pyridine rings is 1. The van der Waals surface area contributed by atoms with Gasteiger partial charge in [0.25, 0.3) is 5.91 Å². The number of carbonyl (C=O) groups is 2. The minimum atomic E-state index is -0.213. The molecule has 1 aliphatic rings. The van der Waals surface area contributed by atoms with Gasteiger partial charge in [-0.1, -0.05) is 24.3 Å². The molecule has 0 fully saturated rings. The van der Waals surface area contributed by atoms with E-state index in [2.05, 4.69) is 20.6 Å². The summed E-state index contributed by atoms with van der Waals surface area (Å²) in [6.45, 7) is 0.717. The zero-order chi connectivity index (χ0) is 20.1. The number of aromatic nitrogens is 3. The van der Waals surface area contributed by atoms with Gasteiger partial charge in [0.05, 0.1) is 17.9 Å². The van der Waals surface area contributed by atoms with Gasteiger partial charge in [0, 0.05) is 38.0 Å². The van der Waals surface area contributed by atoms with Gasteiger partial charge in [0.2, 0.25) is 5.91 Å². The van der Waals surface area contributed by atoms with Gasteiger partial charge >= 0.3 is 0 Å². The highest BCUT2D eigenvalue weighted by Gasteiger charge is 2.25. The normalized spacial score (nSPS) is 13.5. The van der Waals surface area contributed by atoms with Crippen LogP contribution in [-0.2, 0) is 22.7 Å². The Hall–Kier alpha value is -3.81. The van der Waals surface area contributed by atoms with Crippen molar-refractivity contribution in [2.24, 2.45) is 5.10 Å². The van der Waals surface area contributed by atoms with E-state index in [0.717, 1.165) is 16.9 Å². The molecule has 8 heteroatoms. The van der Waals surface area contributed by atoms with Crippen molar-refractivity contribution in [1.82, 2.24) is 25.1 Å². The van der Waals surface area contributed by atoms with Crippen molar-refractivity contribution >= 4 is 17.5 Å². The average molecular weight is 388 g/mol. The summed E-state index contributed by atoms with van der Waals surface area (Å²) in [7, 11) is 0. The fourth-order valence-electron chi connectivity index (χ4n) is 3.17. The molecule has 0 spiro atoms. The summed E-state index contributed by atoms with van der Waals surface area (Å²) in [5.41, 5.74) is 5.44. The predicted molar refractivity (Wildman–Crippen MR) is 107 cm³/mol. The van der Waals surface area contributed by atoms with Crippen LogP contribution in [0.4, 0.5) is 0 Å². The Kier molecular flexibility index (Phi) is 5.42. The van der Waals surface area contributed by atoms with E-state index in [-0.39, 0.29) is 18.2 Å². The number of nitrogens with one attached hydrogen (secondary N) is 1. The summed E-state index contributed by atoms with van der Waals surface area (Å²) in [4.78, 5) is 30.4. The smallest absolute Gasteiger partial charge is 0.270 e. The van der Waals surface area contributed by atoms with Crippen LogP contribution in [0.15, 0.2) is 72.2 Å². The van der Waals surface area contributed by atoms with E-state index in [1.807, 2.05) is 53.2 Å². The number of hydrogen-bond donors (Lipinski definition) is 1. The van der Waals surface area contributed by atoms with Crippen molar-refractivity contribution in [2.45, 2.75) is 25.9 Å². The number of nitrogens with zero attached hydrogens (tertiary/aromatic N) is 5. The van der Waals surface area contributed by atoms with Crippen LogP contribution in [-0.4, -0.2) is 37.2 Å². The van der Waals surface area contributed by atoms with Gasteiger partial charge in [0.15, 0.2) is 0 Å². The molecule has 0 bridgehead atoms. The summed E-state index contributed by atoms with van der Waals surface area (Å²) in [6.07, 6.45) is 5.73. The lowest BCUT2D eigenvalue weighted by molar-refractivity contribution is -0.125. The summed E-state index contributed by atoms with van der Waals surface area (Å²) in [5.74, 6) is -0.392. The first kappa shape index (κ1) is 18.5. The molecule has 29 heavy (non-hydrogen) atoms. The maximum Gasteiger partial charge on any atom is 0.270 e. The van der Waals surface area contributed by atoms with Crippen LogP contribution in [0, 0.1) is 0 Å². The van der Waals surface area contributed by atoms with E-state index in [9.17, 15) is 9.59 Å². The molecular formula is C21H20N6O2. The zero-order valence-corrected chi connectivity index (χ0v) is 15.7. The van der Waals surface area contributed by atoms with E-state index >= 15 is 0 Å². The number of rotatable bonds is 6. The molecule has 0 atom stereocenters. The quantitative estimate of drug-likeness (QED) is 0.700. The lowest BCUT2D eigenvalue weighted by Gasteiger charge is -2.25. The maximum atomic E-state index is 13.2. The van der Waals surface area contributed by atoms with Gasteiger partial charge in [-0.05, 0) is 29.8 Å². The minimum absolute atomic E-state index is 0.178. The van der Waals surface area contributed by atoms with Crippen molar-refractivity contribution < 1.29 is 9.59 Å². The van der Waals surface area contributed by atoms with Gasteiger partial charge in [0.1, 0.15) is 5.71 Å². The van der Waals surface area contributed by atoms with Crippen molar-refractivity contribution in [1.29, 1.82) is 0 Å². The molecule has 2 aromatic heterocycles. The molecule has 3 heterocycles. The molecule has 0 unspecified atom stereocenters. The third kappa shape index (κ3) is 4.37. The molecule has 3 aromatic rings. The molecule has 0 saturated heterocycles. The fourth-order valence-corrected chi connectivity index (χ4v) is 3.17. The second-order valence-electron chi connectivity index (χ2n) is 6.69. The summed E-state index contributed by atoms with van der Waals surface area (Å²) in [5, 5.41) is 8.38. The first-order valence-electron chi connectivity index (χ1n) is 9.32. The number of benzene rings is 1. The Morgan fingerprint density at radius 1 is 1.03 bits per heavy atom. The third-order valence-electron chi connectivity index (χ3n) is 4.61. The van der Waals surface area contributed by atoms with Crippen LogP contribution in [0.2, 0.25) is 0 Å². The van der Waals surface area contributed by atoms with Crippen LogP contribution in [0.5, 0.6) is 0 Å². The highest BCUT2D eigenvalue weighted by Crippen LogP contribution is 2.16. The molecule has 8 nitrogen and oxygen atoms in total. The molecule has 2 amide bonds. The Labute approximate surface area is 167 Å². The van der Waals surface area contributed by atoms with Gasteiger partial charge in [-0.2, -0.15) is 10.2 Å². The Bertz CT molecular complexity index is 1030. The van der Waals surface area contributed by atoms with Crippen molar-refractivity contribution in [3.63, 3.8) is 0 Å². The molecule has 146 valence electrons. The van der Waals surface area contributed by atoms with Gasteiger partial charge in [-0.25, -0.2) is 10.1 Å². The number of amides is 2. The van der Waals surface area contributed by atoms with E-state index in [1.54, 1.807) is 23.5 Å². The average Bonchev–Trinajstić information content (AvgIpc) is 3.23. The highest BCUT2D eigenvalue weighted by molar-refractivity contribution is 6.39. The van der Waals surface area contributed by atoms with Gasteiger partial charge in [-0.15, -0.1) is 0 Å². The summed E-state index contributed by atoms with van der Waals surface area (Å²) in [6, 6.07) is 15.4. The first-order valence-corrected chi connectivity index (χ1v) is 9.32. The lowest BCUT2D eigenvalue weighted by Crippen LogP contribution is -2.40. The lowest BCUT2D eigenvalue weighted by atomic mass is 10.1. The predicted octanol–water partition coefficient (Wildman–Crippen LogP) is 2.06. The van der Waals surface area contributed by atoms with Crippen LogP contribution in [0.25, 0.3) is 5.69 Å². The van der Waals surface area contributed by atoms with Gasteiger partial charge < -0.3 is 4.90 Å². The van der Waals surface area contributed by atoms with Gasteiger partial charge in [-0.3, -0.25) is 14.6 Å². The van der Waals surface area contributed by atoms with Crippen LogP contribution in [0.1, 0.15) is 24.1 Å². The van der Waals surface area contributed by atoms with E-state index < -0.39 is 0 Å². The molecule has 0 aliphatic carbocycles. The number of hydrazone groups is 1. The van der Waals surface area contributed by atoms with Crippen molar-refractivity contribution in [3.8, 4) is 5.69 Å². The molecule has 1 aliphatic heterocycles. The minimum Gasteiger partial charge on any atom is -0.327 e. The standard InChI is InChI=1S/C21H20N6O2/c28-20-9-8-19(24-25-20)21(29)26(14-16-5-4-11-22-13-16)15-18-10-12-23-27(18)17-6-2-1-3-7-17/h1-7,10-13H,8-9,14-15H2,(H,25,28). The SMILES string of the molecule is O=C1CCC(C(=O)N(Cc2cccnc2)Cc2ccnn2-c2ccccc2)=NN1. The number of para-hydroxylation sites is 1. The molecule has 0 radical (unpaired) electrons. The van der Waals surface area contributed by atoms with Crippen molar-refractivity contribution in [2.75, 3.05) is 0 Å². The van der Waals surface area contributed by atoms with E-state index in [4.69, 9.17) is 0 Å². The largest absolute Gasteiger partial charge is 0.327 e. The van der Waals surface area contributed by atoms with Crippen LogP contribution in [0.3, 0.4) is 0 Å². The second-order valence-corrected chi connectivity index (χ2v) is 6.69. The molecule has 0 saturated carbocycles. The number of hydrogen-bond acceptors (Lipinski definition) is 5. The zero-order valence-electron chi connectivity index (χ0n) is 15.7. The van der Waals surface area contributed by atoms with E-state index in [1.165, 1.54) is 0 Å². The molecule has 1 N–H and O–H groups in total. The highest BCUT2D eigenvalue weighted by atomic mass is 16.2. The Morgan fingerprint density at radius 3 is 2.62 bits per heavy atom. The Morgan fingerprint density at radius 2 is 1.90 bits per heavy atom. The number of carbonyl (C=O) groups excluding carboxylic acids is 2. The van der Waals surface area contributed by atoms with E-state index in [0.29, 0.717) is 25.2 Å². The fraction of sp³-hybridized carbons (Fsp3) is 0.190. The molecular weight excluding hydrogens is 368 g/mol. The van der Waals surface area contributed by atoms with Crippen LogP contribution >= 0.6 is 0 Å². The molecule has 1 aromatic carbocycles. The molecule has 4 rings (SSSR count). The van der Waals surface area contributed by atoms with Crippen molar-refractivity contribution in [3.05, 3.63) is 78.4 Å². The van der Waals surface area contributed by atoms with Crippen LogP contribution < -0.4 is 5.43 Å². The summed E-state index contributed by atoms with van der Waals surface area (Å²) < 4.78 is 1.81. The monoisotopic (exact) mass is 388 g/mol.